The lowest BCUT2D eigenvalue weighted by atomic mass is 10.9. The molecule has 0 spiro atoms. The fourth-order valence-corrected chi connectivity index (χ4v) is 0.0680. The topological polar surface area (TPSA) is 83.8 Å². The van der Waals surface area contributed by atoms with Crippen LogP contribution in [-0.4, -0.2) is 36.4 Å². The minimum absolute atomic E-state index is 0.250. The van der Waals surface area contributed by atoms with Crippen molar-refractivity contribution in [2.75, 3.05) is 13.2 Å². The van der Waals surface area contributed by atoms with Gasteiger partial charge in [0.25, 0.3) is 12.9 Å². The van der Waals surface area contributed by atoms with Crippen LogP contribution in [0.25, 0.3) is 0 Å². The van der Waals surface area contributed by atoms with Crippen molar-refractivity contribution in [3.63, 3.8) is 0 Å². The first-order valence-corrected chi connectivity index (χ1v) is 2.98. The SMILES string of the molecule is CCO.CCOC=O.O=CO. The Balaban J connectivity index is -0.0000000933. The van der Waals surface area contributed by atoms with Gasteiger partial charge in [-0.05, 0) is 13.8 Å². The van der Waals surface area contributed by atoms with Crippen LogP contribution in [0.15, 0.2) is 0 Å². The van der Waals surface area contributed by atoms with Crippen molar-refractivity contribution in [3.05, 3.63) is 0 Å². The maximum absolute atomic E-state index is 9.18. The molecule has 0 aliphatic heterocycles. The summed E-state index contributed by atoms with van der Waals surface area (Å²) in [5.41, 5.74) is 0. The number of carbonyl (C=O) groups excluding carboxylic acids is 1. The average molecular weight is 166 g/mol. The quantitative estimate of drug-likeness (QED) is 0.558. The third-order valence-electron chi connectivity index (χ3n) is 0.235. The second-order valence-corrected chi connectivity index (χ2v) is 0.973. The van der Waals surface area contributed by atoms with E-state index in [1.165, 1.54) is 0 Å². The van der Waals surface area contributed by atoms with Crippen LogP contribution in [0, 0.1) is 0 Å². The van der Waals surface area contributed by atoms with Crippen molar-refractivity contribution in [3.8, 4) is 0 Å². The average Bonchev–Trinajstić information content (AvgIpc) is 1.92. The van der Waals surface area contributed by atoms with Gasteiger partial charge in [-0.15, -0.1) is 0 Å². The number of rotatable bonds is 2. The zero-order valence-electron chi connectivity index (χ0n) is 6.69. The van der Waals surface area contributed by atoms with Crippen molar-refractivity contribution in [1.29, 1.82) is 0 Å². The Morgan fingerprint density at radius 2 is 1.64 bits per heavy atom. The Bertz CT molecular complexity index is 64.0. The van der Waals surface area contributed by atoms with E-state index in [4.69, 9.17) is 15.0 Å². The smallest absolute Gasteiger partial charge is 0.293 e. The van der Waals surface area contributed by atoms with E-state index in [2.05, 4.69) is 4.74 Å². The molecule has 0 heterocycles. The molecule has 0 aliphatic rings. The van der Waals surface area contributed by atoms with Crippen molar-refractivity contribution >= 4 is 12.9 Å². The van der Waals surface area contributed by atoms with E-state index in [0.717, 1.165) is 0 Å². The maximum Gasteiger partial charge on any atom is 0.293 e. The van der Waals surface area contributed by atoms with E-state index in [1.54, 1.807) is 13.8 Å². The van der Waals surface area contributed by atoms with Crippen molar-refractivity contribution in [2.24, 2.45) is 0 Å². The predicted molar refractivity (Wildman–Crippen MR) is 39.1 cm³/mol. The Morgan fingerprint density at radius 1 is 1.36 bits per heavy atom. The van der Waals surface area contributed by atoms with Gasteiger partial charge in [0.2, 0.25) is 0 Å². The predicted octanol–water partition coefficient (Wildman–Crippen LogP) is -0.121. The normalized spacial score (nSPS) is 5.73. The van der Waals surface area contributed by atoms with Gasteiger partial charge in [-0.1, -0.05) is 0 Å². The highest BCUT2D eigenvalue weighted by Gasteiger charge is 1.60. The molecule has 0 aliphatic carbocycles. The minimum atomic E-state index is -0.250. The summed E-state index contributed by atoms with van der Waals surface area (Å²) in [5, 5.41) is 14.5. The standard InChI is InChI=1S/C3H6O2.C2H6O.CH2O2/c1-2-5-3-4;1-2-3;2-1-3/h3H,2H2,1H3;3H,2H2,1H3;1H,(H,2,3). The van der Waals surface area contributed by atoms with E-state index >= 15 is 0 Å². The summed E-state index contributed by atoms with van der Waals surface area (Å²) in [7, 11) is 0. The molecule has 0 aromatic rings. The van der Waals surface area contributed by atoms with Gasteiger partial charge in [-0.3, -0.25) is 9.59 Å². The van der Waals surface area contributed by atoms with E-state index in [0.29, 0.717) is 13.1 Å². The fraction of sp³-hybridized carbons (Fsp3) is 0.667. The number of carbonyl (C=O) groups is 2. The summed E-state index contributed by atoms with van der Waals surface area (Å²) in [6.45, 7) is 4.35. The number of hydrogen-bond donors (Lipinski definition) is 2. The lowest BCUT2D eigenvalue weighted by Gasteiger charge is -1.79. The highest BCUT2D eigenvalue weighted by atomic mass is 16.5. The Labute approximate surface area is 65.6 Å². The largest absolute Gasteiger partial charge is 0.483 e. The third kappa shape index (κ3) is 523. The second-order valence-electron chi connectivity index (χ2n) is 0.973. The summed E-state index contributed by atoms with van der Waals surface area (Å²) in [6, 6.07) is 0. The molecule has 0 bridgehead atoms. The van der Waals surface area contributed by atoms with E-state index in [1.807, 2.05) is 0 Å². The molecule has 0 rings (SSSR count). The molecule has 5 heteroatoms. The molecule has 2 N–H and O–H groups in total. The molecule has 0 saturated heterocycles. The van der Waals surface area contributed by atoms with Crippen molar-refractivity contribution in [2.45, 2.75) is 13.8 Å². The van der Waals surface area contributed by atoms with Gasteiger partial charge in [0.05, 0.1) is 6.61 Å². The van der Waals surface area contributed by atoms with Gasteiger partial charge >= 0.3 is 0 Å². The Hall–Kier alpha value is -1.10. The van der Waals surface area contributed by atoms with Gasteiger partial charge in [0.1, 0.15) is 0 Å². The van der Waals surface area contributed by atoms with Crippen LogP contribution < -0.4 is 0 Å². The Kier molecular flexibility index (Phi) is 54.7. The minimum Gasteiger partial charge on any atom is -0.483 e. The summed E-state index contributed by atoms with van der Waals surface area (Å²) in [4.78, 5) is 17.5. The number of aliphatic hydroxyl groups excluding tert-OH is 1. The van der Waals surface area contributed by atoms with Crippen LogP contribution >= 0.6 is 0 Å². The van der Waals surface area contributed by atoms with Gasteiger partial charge in [-0.25, -0.2) is 0 Å². The van der Waals surface area contributed by atoms with Gasteiger partial charge < -0.3 is 14.9 Å². The highest BCUT2D eigenvalue weighted by Crippen LogP contribution is 1.55. The summed E-state index contributed by atoms with van der Waals surface area (Å²) >= 11 is 0. The van der Waals surface area contributed by atoms with Gasteiger partial charge in [0, 0.05) is 6.61 Å². The van der Waals surface area contributed by atoms with Gasteiger partial charge in [-0.2, -0.15) is 0 Å². The first kappa shape index (κ1) is 16.5. The highest BCUT2D eigenvalue weighted by molar-refractivity contribution is 5.36. The molecule has 0 fully saturated rings. The molecule has 0 unspecified atom stereocenters. The molecule has 11 heavy (non-hydrogen) atoms. The molecular weight excluding hydrogens is 152 g/mol. The second kappa shape index (κ2) is 36.5. The molecule has 0 aromatic carbocycles. The molecule has 0 saturated carbocycles. The zero-order chi connectivity index (χ0) is 9.54. The summed E-state index contributed by atoms with van der Waals surface area (Å²) in [6.07, 6.45) is 0. The lowest BCUT2D eigenvalue weighted by molar-refractivity contribution is -0.128. The first-order chi connectivity index (χ1) is 5.24. The molecule has 0 amide bonds. The van der Waals surface area contributed by atoms with Crippen LogP contribution in [-0.2, 0) is 14.3 Å². The maximum atomic E-state index is 9.18. The Morgan fingerprint density at radius 3 is 1.64 bits per heavy atom. The van der Waals surface area contributed by atoms with E-state index in [-0.39, 0.29) is 13.1 Å². The molecular formula is C6H14O5. The summed E-state index contributed by atoms with van der Waals surface area (Å²) < 4.78 is 4.15. The lowest BCUT2D eigenvalue weighted by Crippen LogP contribution is -1.80. The molecule has 0 radical (unpaired) electrons. The van der Waals surface area contributed by atoms with Crippen LogP contribution in [0.3, 0.4) is 0 Å². The number of ether oxygens (including phenoxy) is 1. The number of aliphatic hydroxyl groups is 1. The molecule has 0 atom stereocenters. The number of carboxylic acid groups (broad SMARTS) is 1. The monoisotopic (exact) mass is 166 g/mol. The van der Waals surface area contributed by atoms with Crippen molar-refractivity contribution < 1.29 is 24.5 Å². The fourth-order valence-electron chi connectivity index (χ4n) is 0.0680. The molecule has 68 valence electrons. The third-order valence-corrected chi connectivity index (χ3v) is 0.235. The summed E-state index contributed by atoms with van der Waals surface area (Å²) in [5.74, 6) is 0. The zero-order valence-corrected chi connectivity index (χ0v) is 6.69. The van der Waals surface area contributed by atoms with Crippen molar-refractivity contribution in [1.82, 2.24) is 0 Å². The van der Waals surface area contributed by atoms with Crippen LogP contribution in [0.5, 0.6) is 0 Å². The van der Waals surface area contributed by atoms with Crippen LogP contribution in [0.1, 0.15) is 13.8 Å². The number of hydrogen-bond acceptors (Lipinski definition) is 4. The van der Waals surface area contributed by atoms with Gasteiger partial charge in [0.15, 0.2) is 0 Å². The molecule has 0 aromatic heterocycles. The molecule has 5 nitrogen and oxygen atoms in total. The van der Waals surface area contributed by atoms with Crippen LogP contribution in [0.4, 0.5) is 0 Å². The van der Waals surface area contributed by atoms with E-state index < -0.39 is 0 Å². The van der Waals surface area contributed by atoms with E-state index in [9.17, 15) is 4.79 Å². The van der Waals surface area contributed by atoms with Crippen LogP contribution in [0.2, 0.25) is 0 Å². The first-order valence-electron chi connectivity index (χ1n) is 2.98.